The van der Waals surface area contributed by atoms with Crippen LogP contribution >= 0.6 is 0 Å². The Labute approximate surface area is 147 Å². The fraction of sp³-hybridized carbons (Fsp3) is 0.368. The molecule has 0 radical (unpaired) electrons. The van der Waals surface area contributed by atoms with Crippen molar-refractivity contribution in [2.24, 2.45) is 0 Å². The fourth-order valence-electron chi connectivity index (χ4n) is 3.22. The predicted molar refractivity (Wildman–Crippen MR) is 93.0 cm³/mol. The van der Waals surface area contributed by atoms with E-state index >= 15 is 0 Å². The van der Waals surface area contributed by atoms with E-state index in [9.17, 15) is 9.59 Å². The summed E-state index contributed by atoms with van der Waals surface area (Å²) in [6.45, 7) is 5.84. The number of furan rings is 1. The number of amides is 2. The molecule has 6 nitrogen and oxygen atoms in total. The van der Waals surface area contributed by atoms with Crippen LogP contribution in [0, 0.1) is 13.8 Å². The zero-order chi connectivity index (χ0) is 18.0. The second-order valence-corrected chi connectivity index (χ2v) is 6.22. The number of aryl methyl sites for hydroxylation is 2. The Kier molecular flexibility index (Phi) is 4.79. The number of rotatable bonds is 3. The summed E-state index contributed by atoms with van der Waals surface area (Å²) >= 11 is 0. The molecular formula is C19H22N2O4. The summed E-state index contributed by atoms with van der Waals surface area (Å²) in [7, 11) is 1.58. The number of carbonyl (C=O) groups excluding carboxylic acids is 2. The van der Waals surface area contributed by atoms with Crippen LogP contribution < -0.4 is 4.74 Å². The molecule has 0 aliphatic carbocycles. The molecule has 0 spiro atoms. The minimum absolute atomic E-state index is 0.0613. The highest BCUT2D eigenvalue weighted by atomic mass is 16.5. The van der Waals surface area contributed by atoms with Crippen molar-refractivity contribution in [2.45, 2.75) is 13.8 Å². The van der Waals surface area contributed by atoms with Gasteiger partial charge in [0.15, 0.2) is 5.76 Å². The molecule has 25 heavy (non-hydrogen) atoms. The lowest BCUT2D eigenvalue weighted by Gasteiger charge is -2.34. The molecule has 0 unspecified atom stereocenters. The summed E-state index contributed by atoms with van der Waals surface area (Å²) < 4.78 is 10.6. The van der Waals surface area contributed by atoms with E-state index in [0.717, 1.165) is 11.1 Å². The Morgan fingerprint density at radius 3 is 2.24 bits per heavy atom. The molecular weight excluding hydrogens is 320 g/mol. The SMILES string of the molecule is COc1c(C)cc(C)cc1C(=O)N1CCN(C(=O)c2ccco2)CC1. The third-order valence-electron chi connectivity index (χ3n) is 4.44. The van der Waals surface area contributed by atoms with Crippen molar-refractivity contribution in [1.29, 1.82) is 0 Å². The largest absolute Gasteiger partial charge is 0.496 e. The van der Waals surface area contributed by atoms with E-state index < -0.39 is 0 Å². The lowest BCUT2D eigenvalue weighted by Crippen LogP contribution is -2.50. The zero-order valence-electron chi connectivity index (χ0n) is 14.7. The van der Waals surface area contributed by atoms with Gasteiger partial charge in [0.1, 0.15) is 5.75 Å². The molecule has 1 fully saturated rings. The maximum absolute atomic E-state index is 12.9. The van der Waals surface area contributed by atoms with Gasteiger partial charge in [-0.25, -0.2) is 0 Å². The molecule has 2 amide bonds. The Morgan fingerprint density at radius 2 is 1.68 bits per heavy atom. The van der Waals surface area contributed by atoms with Gasteiger partial charge in [-0.15, -0.1) is 0 Å². The lowest BCUT2D eigenvalue weighted by molar-refractivity contribution is 0.0516. The van der Waals surface area contributed by atoms with E-state index in [2.05, 4.69) is 0 Å². The van der Waals surface area contributed by atoms with Gasteiger partial charge < -0.3 is 19.0 Å². The van der Waals surface area contributed by atoms with Gasteiger partial charge >= 0.3 is 0 Å². The minimum atomic E-state index is -0.138. The number of nitrogens with zero attached hydrogens (tertiary/aromatic N) is 2. The first-order valence-electron chi connectivity index (χ1n) is 8.28. The normalized spacial score (nSPS) is 14.5. The van der Waals surface area contributed by atoms with Crippen LogP contribution in [0.1, 0.15) is 32.0 Å². The number of methoxy groups -OCH3 is 1. The zero-order valence-corrected chi connectivity index (χ0v) is 14.7. The molecule has 1 aliphatic heterocycles. The highest BCUT2D eigenvalue weighted by molar-refractivity contribution is 5.98. The third-order valence-corrected chi connectivity index (χ3v) is 4.44. The summed E-state index contributed by atoms with van der Waals surface area (Å²) in [5.41, 5.74) is 2.54. The number of ether oxygens (including phenoxy) is 1. The van der Waals surface area contributed by atoms with Crippen molar-refractivity contribution in [3.05, 3.63) is 53.0 Å². The summed E-state index contributed by atoms with van der Waals surface area (Å²) in [5, 5.41) is 0. The van der Waals surface area contributed by atoms with Crippen LogP contribution in [0.15, 0.2) is 34.9 Å². The van der Waals surface area contributed by atoms with Crippen molar-refractivity contribution in [1.82, 2.24) is 9.80 Å². The van der Waals surface area contributed by atoms with Gasteiger partial charge in [0.25, 0.3) is 11.8 Å². The molecule has 1 aliphatic rings. The van der Waals surface area contributed by atoms with E-state index in [0.29, 0.717) is 43.3 Å². The van der Waals surface area contributed by atoms with Gasteiger partial charge in [0.05, 0.1) is 18.9 Å². The second-order valence-electron chi connectivity index (χ2n) is 6.22. The molecule has 1 saturated heterocycles. The summed E-state index contributed by atoms with van der Waals surface area (Å²) in [6.07, 6.45) is 1.49. The van der Waals surface area contributed by atoms with Gasteiger partial charge in [-0.05, 0) is 43.2 Å². The fourth-order valence-corrected chi connectivity index (χ4v) is 3.22. The standard InChI is InChI=1S/C19H22N2O4/c1-13-11-14(2)17(24-3)15(12-13)18(22)20-6-8-21(9-7-20)19(23)16-5-4-10-25-16/h4-5,10-12H,6-9H2,1-3H3. The number of hydrogen-bond donors (Lipinski definition) is 0. The smallest absolute Gasteiger partial charge is 0.289 e. The maximum Gasteiger partial charge on any atom is 0.289 e. The van der Waals surface area contributed by atoms with Crippen molar-refractivity contribution in [2.75, 3.05) is 33.3 Å². The topological polar surface area (TPSA) is 63.0 Å². The van der Waals surface area contributed by atoms with Gasteiger partial charge in [0.2, 0.25) is 0 Å². The summed E-state index contributed by atoms with van der Waals surface area (Å²) in [6, 6.07) is 7.20. The second kappa shape index (κ2) is 7.01. The van der Waals surface area contributed by atoms with Crippen molar-refractivity contribution >= 4 is 11.8 Å². The van der Waals surface area contributed by atoms with Gasteiger partial charge in [-0.3, -0.25) is 9.59 Å². The number of benzene rings is 1. The first kappa shape index (κ1) is 17.1. The molecule has 1 aromatic heterocycles. The molecule has 2 aromatic rings. The molecule has 0 bridgehead atoms. The molecule has 3 rings (SSSR count). The van der Waals surface area contributed by atoms with Crippen LogP contribution in [0.4, 0.5) is 0 Å². The summed E-state index contributed by atoms with van der Waals surface area (Å²) in [4.78, 5) is 28.7. The highest BCUT2D eigenvalue weighted by Gasteiger charge is 2.28. The Morgan fingerprint density at radius 1 is 1.04 bits per heavy atom. The van der Waals surface area contributed by atoms with Crippen LogP contribution in [0.25, 0.3) is 0 Å². The van der Waals surface area contributed by atoms with Crippen molar-refractivity contribution in [3.63, 3.8) is 0 Å². The Hall–Kier alpha value is -2.76. The van der Waals surface area contributed by atoms with Gasteiger partial charge in [0, 0.05) is 26.2 Å². The lowest BCUT2D eigenvalue weighted by atomic mass is 10.0. The first-order valence-corrected chi connectivity index (χ1v) is 8.28. The summed E-state index contributed by atoms with van der Waals surface area (Å²) in [5.74, 6) is 0.746. The number of carbonyl (C=O) groups is 2. The third kappa shape index (κ3) is 3.38. The Bertz CT molecular complexity index is 775. The van der Waals surface area contributed by atoms with Crippen molar-refractivity contribution < 1.29 is 18.7 Å². The molecule has 0 saturated carbocycles. The van der Waals surface area contributed by atoms with Gasteiger partial charge in [-0.2, -0.15) is 0 Å². The average molecular weight is 342 g/mol. The molecule has 1 aromatic carbocycles. The van der Waals surface area contributed by atoms with E-state index in [4.69, 9.17) is 9.15 Å². The first-order chi connectivity index (χ1) is 12.0. The van der Waals surface area contributed by atoms with Crippen LogP contribution in [-0.2, 0) is 0 Å². The number of hydrogen-bond acceptors (Lipinski definition) is 4. The highest BCUT2D eigenvalue weighted by Crippen LogP contribution is 2.26. The molecule has 0 N–H and O–H groups in total. The minimum Gasteiger partial charge on any atom is -0.496 e. The van der Waals surface area contributed by atoms with E-state index in [1.165, 1.54) is 6.26 Å². The monoisotopic (exact) mass is 342 g/mol. The maximum atomic E-state index is 12.9. The molecule has 2 heterocycles. The van der Waals surface area contributed by atoms with Crippen LogP contribution in [0.3, 0.4) is 0 Å². The van der Waals surface area contributed by atoms with E-state index in [1.807, 2.05) is 26.0 Å². The van der Waals surface area contributed by atoms with E-state index in [-0.39, 0.29) is 11.8 Å². The Balaban J connectivity index is 1.71. The predicted octanol–water partition coefficient (Wildman–Crippen LogP) is 2.50. The van der Waals surface area contributed by atoms with E-state index in [1.54, 1.807) is 29.0 Å². The molecule has 6 heteroatoms. The number of piperazine rings is 1. The van der Waals surface area contributed by atoms with Crippen LogP contribution in [0.5, 0.6) is 5.75 Å². The average Bonchev–Trinajstić information content (AvgIpc) is 3.14. The van der Waals surface area contributed by atoms with Gasteiger partial charge in [-0.1, -0.05) is 6.07 Å². The molecule has 132 valence electrons. The quantitative estimate of drug-likeness (QED) is 0.860. The van der Waals surface area contributed by atoms with Crippen LogP contribution in [0.2, 0.25) is 0 Å². The molecule has 0 atom stereocenters. The van der Waals surface area contributed by atoms with Crippen molar-refractivity contribution in [3.8, 4) is 5.75 Å². The van der Waals surface area contributed by atoms with Crippen LogP contribution in [-0.4, -0.2) is 54.9 Å².